The molecule has 40 heavy (non-hydrogen) atoms. The van der Waals surface area contributed by atoms with Gasteiger partial charge in [-0.25, -0.2) is 4.98 Å². The predicted octanol–water partition coefficient (Wildman–Crippen LogP) is 5.67. The average Bonchev–Trinajstić information content (AvgIpc) is 3.46. The molecule has 5 heterocycles. The fraction of sp³-hybridized carbons (Fsp3) is 0.484. The van der Waals surface area contributed by atoms with E-state index in [1.165, 1.54) is 30.5 Å². The highest BCUT2D eigenvalue weighted by atomic mass is 19.4. The first-order valence-electron chi connectivity index (χ1n) is 14.3. The van der Waals surface area contributed by atoms with Gasteiger partial charge in [-0.1, -0.05) is 18.2 Å². The van der Waals surface area contributed by atoms with Gasteiger partial charge in [-0.3, -0.25) is 9.88 Å². The first-order chi connectivity index (χ1) is 19.4. The number of ether oxygens (including phenoxy) is 1. The van der Waals surface area contributed by atoms with E-state index < -0.39 is 11.7 Å². The second-order valence-corrected chi connectivity index (χ2v) is 11.2. The van der Waals surface area contributed by atoms with Gasteiger partial charge in [-0.05, 0) is 75.0 Å². The van der Waals surface area contributed by atoms with Crippen LogP contribution in [-0.2, 0) is 18.1 Å². The molecule has 3 aliphatic rings. The van der Waals surface area contributed by atoms with E-state index in [0.29, 0.717) is 31.6 Å². The van der Waals surface area contributed by atoms with Crippen molar-refractivity contribution < 1.29 is 17.9 Å². The first kappa shape index (κ1) is 27.0. The van der Waals surface area contributed by atoms with Crippen molar-refractivity contribution in [3.63, 3.8) is 0 Å². The number of para-hydroxylation sites is 1. The van der Waals surface area contributed by atoms with E-state index in [0.717, 1.165) is 56.0 Å². The maximum atomic E-state index is 13.8. The number of alkyl halides is 3. The fourth-order valence-corrected chi connectivity index (χ4v) is 6.82. The number of nitrogens with zero attached hydrogens (tertiary/aromatic N) is 4. The van der Waals surface area contributed by atoms with Gasteiger partial charge < -0.3 is 15.0 Å². The number of nitrogens with one attached hydrogen (secondary N) is 1. The summed E-state index contributed by atoms with van der Waals surface area (Å²) in [6, 6.07) is 14.6. The van der Waals surface area contributed by atoms with Gasteiger partial charge in [0.1, 0.15) is 0 Å². The molecule has 0 bridgehead atoms. The zero-order valence-electron chi connectivity index (χ0n) is 22.9. The van der Waals surface area contributed by atoms with Crippen molar-refractivity contribution in [3.05, 3.63) is 71.5 Å². The maximum absolute atomic E-state index is 13.8. The molecule has 3 aliphatic heterocycles. The summed E-state index contributed by atoms with van der Waals surface area (Å²) >= 11 is 0. The maximum Gasteiger partial charge on any atom is 0.418 e. The molecule has 9 heteroatoms. The van der Waals surface area contributed by atoms with Crippen molar-refractivity contribution in [2.75, 3.05) is 44.2 Å². The van der Waals surface area contributed by atoms with Crippen LogP contribution in [0.15, 0.2) is 54.7 Å². The van der Waals surface area contributed by atoms with Gasteiger partial charge in [-0.2, -0.15) is 13.2 Å². The summed E-state index contributed by atoms with van der Waals surface area (Å²) in [5.74, 6) is 0.576. The molecule has 0 radical (unpaired) electrons. The normalized spacial score (nSPS) is 21.0. The Hall–Kier alpha value is -3.17. The summed E-state index contributed by atoms with van der Waals surface area (Å²) in [6.07, 6.45) is 1.26. The van der Waals surface area contributed by atoms with Crippen LogP contribution < -0.4 is 15.0 Å². The molecule has 0 unspecified atom stereocenters. The Labute approximate surface area is 233 Å². The number of piperidine rings is 1. The van der Waals surface area contributed by atoms with Crippen LogP contribution in [0.2, 0.25) is 0 Å². The minimum atomic E-state index is -4.37. The molecular weight excluding hydrogens is 515 g/mol. The first-order valence-corrected chi connectivity index (χ1v) is 14.3. The molecular formula is C31H36F3N5O. The Bertz CT molecular complexity index is 1330. The van der Waals surface area contributed by atoms with Crippen LogP contribution in [0.4, 0.5) is 18.9 Å². The van der Waals surface area contributed by atoms with E-state index in [1.54, 1.807) is 18.3 Å². The van der Waals surface area contributed by atoms with Gasteiger partial charge in [0.05, 0.1) is 29.1 Å². The molecule has 0 amide bonds. The number of fused-ring (bicyclic) bond motifs is 2. The van der Waals surface area contributed by atoms with E-state index in [9.17, 15) is 13.2 Å². The molecule has 212 valence electrons. The lowest BCUT2D eigenvalue weighted by Crippen LogP contribution is -2.54. The lowest BCUT2D eigenvalue weighted by Gasteiger charge is -2.49. The minimum absolute atomic E-state index is 0.154. The Morgan fingerprint density at radius 2 is 1.90 bits per heavy atom. The van der Waals surface area contributed by atoms with E-state index in [4.69, 9.17) is 9.72 Å². The van der Waals surface area contributed by atoms with Crippen molar-refractivity contribution in [2.45, 2.75) is 56.8 Å². The highest BCUT2D eigenvalue weighted by molar-refractivity contribution is 5.65. The molecule has 3 aromatic rings. The molecule has 2 fully saturated rings. The van der Waals surface area contributed by atoms with Crippen LogP contribution in [-0.4, -0.2) is 60.2 Å². The molecule has 1 N–H and O–H groups in total. The summed E-state index contributed by atoms with van der Waals surface area (Å²) in [5, 5.41) is 3.63. The number of hydrogen-bond donors (Lipinski definition) is 1. The number of hydrogen-bond acceptors (Lipinski definition) is 6. The largest absolute Gasteiger partial charge is 0.477 e. The smallest absolute Gasteiger partial charge is 0.418 e. The average molecular weight is 552 g/mol. The van der Waals surface area contributed by atoms with Crippen LogP contribution in [0.1, 0.15) is 49.4 Å². The van der Waals surface area contributed by atoms with E-state index in [1.807, 2.05) is 24.0 Å². The van der Waals surface area contributed by atoms with E-state index >= 15 is 0 Å². The molecule has 0 saturated carbocycles. The number of pyridine rings is 2. The quantitative estimate of drug-likeness (QED) is 0.426. The minimum Gasteiger partial charge on any atom is -0.477 e. The van der Waals surface area contributed by atoms with Crippen LogP contribution in [0, 0.1) is 0 Å². The number of aromatic nitrogens is 2. The van der Waals surface area contributed by atoms with Gasteiger partial charge in [0, 0.05) is 56.1 Å². The molecule has 1 atom stereocenters. The van der Waals surface area contributed by atoms with Gasteiger partial charge >= 0.3 is 6.18 Å². The van der Waals surface area contributed by atoms with Crippen LogP contribution in [0.25, 0.3) is 11.3 Å². The molecule has 1 spiro atoms. The topological polar surface area (TPSA) is 53.5 Å². The van der Waals surface area contributed by atoms with Crippen LogP contribution >= 0.6 is 0 Å². The molecule has 1 aromatic carbocycles. The zero-order chi connectivity index (χ0) is 27.7. The lowest BCUT2D eigenvalue weighted by atomic mass is 9.69. The second-order valence-electron chi connectivity index (χ2n) is 11.2. The third-order valence-electron chi connectivity index (χ3n) is 8.68. The van der Waals surface area contributed by atoms with E-state index in [-0.39, 0.29) is 11.1 Å². The SMILES string of the molecule is CCOc1ncccc1-c1ccc2c(n1)CN(C[C@H]1CCCN1)CC21CCN(c2ccccc2C(F)(F)F)CC1. The third kappa shape index (κ3) is 5.29. The van der Waals surface area contributed by atoms with Gasteiger partial charge in [0.15, 0.2) is 0 Å². The summed E-state index contributed by atoms with van der Waals surface area (Å²) in [5.41, 5.74) is 3.56. The van der Waals surface area contributed by atoms with Gasteiger partial charge in [0.25, 0.3) is 0 Å². The Morgan fingerprint density at radius 1 is 1.07 bits per heavy atom. The lowest BCUT2D eigenvalue weighted by molar-refractivity contribution is -0.137. The molecule has 2 saturated heterocycles. The number of rotatable bonds is 6. The zero-order valence-corrected chi connectivity index (χ0v) is 22.9. The van der Waals surface area contributed by atoms with Gasteiger partial charge in [-0.15, -0.1) is 0 Å². The molecule has 2 aromatic heterocycles. The Morgan fingerprint density at radius 3 is 2.65 bits per heavy atom. The number of halogens is 3. The monoisotopic (exact) mass is 551 g/mol. The van der Waals surface area contributed by atoms with Gasteiger partial charge in [0.2, 0.25) is 5.88 Å². The van der Waals surface area contributed by atoms with Crippen molar-refractivity contribution in [2.24, 2.45) is 0 Å². The highest BCUT2D eigenvalue weighted by Gasteiger charge is 2.44. The molecule has 6 rings (SSSR count). The highest BCUT2D eigenvalue weighted by Crippen LogP contribution is 2.45. The molecule has 0 aliphatic carbocycles. The second kappa shape index (κ2) is 11.0. The summed E-state index contributed by atoms with van der Waals surface area (Å²) < 4.78 is 47.1. The van der Waals surface area contributed by atoms with Crippen molar-refractivity contribution in [3.8, 4) is 17.1 Å². The summed E-state index contributed by atoms with van der Waals surface area (Å²) in [7, 11) is 0. The van der Waals surface area contributed by atoms with Crippen LogP contribution in [0.5, 0.6) is 5.88 Å². The van der Waals surface area contributed by atoms with Crippen molar-refractivity contribution in [1.29, 1.82) is 0 Å². The Balaban J connectivity index is 1.32. The van der Waals surface area contributed by atoms with Crippen LogP contribution in [0.3, 0.4) is 0 Å². The molecule has 6 nitrogen and oxygen atoms in total. The number of anilines is 1. The predicted molar refractivity (Wildman–Crippen MR) is 150 cm³/mol. The summed E-state index contributed by atoms with van der Waals surface area (Å²) in [4.78, 5) is 14.0. The fourth-order valence-electron chi connectivity index (χ4n) is 6.82. The summed E-state index contributed by atoms with van der Waals surface area (Å²) in [6.45, 7) is 7.26. The van der Waals surface area contributed by atoms with Crippen molar-refractivity contribution >= 4 is 5.69 Å². The van der Waals surface area contributed by atoms with E-state index in [2.05, 4.69) is 27.3 Å². The standard InChI is InChI=1S/C31H36F3N5O/c1-2-40-29-23(8-6-16-36-29)26-12-11-24-27(37-26)20-38(19-22-7-5-15-35-22)21-30(24)13-17-39(18-14-30)28-10-4-3-9-25(28)31(32,33)34/h3-4,6,8-12,16,22,35H,2,5,7,13-15,17-21H2,1H3/t22-/m1/s1. The third-order valence-corrected chi connectivity index (χ3v) is 8.68. The Kier molecular flexibility index (Phi) is 7.44. The number of benzene rings is 1. The van der Waals surface area contributed by atoms with Crippen molar-refractivity contribution in [1.82, 2.24) is 20.2 Å².